The van der Waals surface area contributed by atoms with Crippen LogP contribution >= 0.6 is 15.9 Å². The molecule has 8 nitrogen and oxygen atoms in total. The number of halogens is 1. The van der Waals surface area contributed by atoms with Crippen molar-refractivity contribution in [2.24, 2.45) is 0 Å². The number of rotatable bonds is 11. The minimum Gasteiger partial charge on any atom is -0.352 e. The molecule has 0 unspecified atom stereocenters. The lowest BCUT2D eigenvalue weighted by Gasteiger charge is -2.33. The van der Waals surface area contributed by atoms with Gasteiger partial charge < -0.3 is 10.2 Å². The van der Waals surface area contributed by atoms with Crippen LogP contribution in [0.1, 0.15) is 32.8 Å². The third kappa shape index (κ3) is 7.28. The molecule has 0 aliphatic heterocycles. The molecule has 0 bridgehead atoms. The van der Waals surface area contributed by atoms with Gasteiger partial charge in [0.05, 0.1) is 5.69 Å². The Morgan fingerprint density at radius 1 is 1.03 bits per heavy atom. The molecule has 186 valence electrons. The number of carbonyl (C=O) groups excluding carboxylic acids is 2. The second-order valence-corrected chi connectivity index (χ2v) is 11.3. The lowest BCUT2D eigenvalue weighted by molar-refractivity contribution is -0.139. The second-order valence-electron chi connectivity index (χ2n) is 8.28. The molecular weight excluding hydrogens is 520 g/mol. The van der Waals surface area contributed by atoms with Crippen molar-refractivity contribution < 1.29 is 18.0 Å². The van der Waals surface area contributed by atoms with E-state index in [2.05, 4.69) is 21.2 Å². The predicted octanol–water partition coefficient (Wildman–Crippen LogP) is 3.39. The van der Waals surface area contributed by atoms with E-state index < -0.39 is 28.7 Å². The molecule has 2 aromatic carbocycles. The smallest absolute Gasteiger partial charge is 0.304 e. The number of amides is 2. The molecule has 0 saturated heterocycles. The van der Waals surface area contributed by atoms with Crippen molar-refractivity contribution in [2.45, 2.75) is 45.8 Å². The minimum absolute atomic E-state index is 0.0484. The molecule has 0 radical (unpaired) electrons. The molecule has 0 spiro atoms. The van der Waals surface area contributed by atoms with Gasteiger partial charge in [-0.1, -0.05) is 53.2 Å². The van der Waals surface area contributed by atoms with Crippen LogP contribution in [0.4, 0.5) is 5.69 Å². The lowest BCUT2D eigenvalue weighted by atomic mass is 10.1. The van der Waals surface area contributed by atoms with Gasteiger partial charge in [0.15, 0.2) is 0 Å². The van der Waals surface area contributed by atoms with Crippen LogP contribution < -0.4 is 9.62 Å². The van der Waals surface area contributed by atoms with Crippen molar-refractivity contribution in [3.8, 4) is 0 Å². The van der Waals surface area contributed by atoms with Gasteiger partial charge in [0.1, 0.15) is 12.6 Å². The van der Waals surface area contributed by atoms with E-state index in [1.807, 2.05) is 38.1 Å². The van der Waals surface area contributed by atoms with Gasteiger partial charge in [0.2, 0.25) is 11.8 Å². The highest BCUT2D eigenvalue weighted by Crippen LogP contribution is 2.21. The minimum atomic E-state index is -3.96. The Bertz CT molecular complexity index is 1080. The second kappa shape index (κ2) is 12.3. The van der Waals surface area contributed by atoms with E-state index in [9.17, 15) is 18.0 Å². The van der Waals surface area contributed by atoms with Gasteiger partial charge in [-0.05, 0) is 50.1 Å². The number of hydrogen-bond donors (Lipinski definition) is 1. The summed E-state index contributed by atoms with van der Waals surface area (Å²) in [5.74, 6) is -0.777. The summed E-state index contributed by atoms with van der Waals surface area (Å²) in [7, 11) is -1.13. The molecule has 0 aliphatic rings. The molecule has 0 heterocycles. The lowest BCUT2D eigenvalue weighted by Crippen LogP contribution is -2.53. The first kappa shape index (κ1) is 27.8. The van der Waals surface area contributed by atoms with Crippen LogP contribution in [-0.4, -0.2) is 62.2 Å². The van der Waals surface area contributed by atoms with Crippen LogP contribution in [0.2, 0.25) is 0 Å². The summed E-state index contributed by atoms with van der Waals surface area (Å²) in [6.07, 6.45) is 0.751. The first-order valence-corrected chi connectivity index (χ1v) is 13.3. The highest BCUT2D eigenvalue weighted by Gasteiger charge is 2.32. The molecule has 10 heteroatoms. The van der Waals surface area contributed by atoms with E-state index in [0.29, 0.717) is 5.69 Å². The summed E-state index contributed by atoms with van der Waals surface area (Å²) >= 11 is 3.43. The molecule has 2 rings (SSSR count). The zero-order chi connectivity index (χ0) is 25.5. The Balaban J connectivity index is 2.42. The maximum atomic E-state index is 13.6. The van der Waals surface area contributed by atoms with Crippen molar-refractivity contribution in [1.82, 2.24) is 14.5 Å². The summed E-state index contributed by atoms with van der Waals surface area (Å²) < 4.78 is 29.1. The molecule has 0 fully saturated rings. The summed E-state index contributed by atoms with van der Waals surface area (Å²) in [5, 5.41) is 2.91. The number of para-hydroxylation sites is 1. The van der Waals surface area contributed by atoms with Gasteiger partial charge in [-0.15, -0.1) is 0 Å². The fraction of sp³-hybridized carbons (Fsp3) is 0.417. The van der Waals surface area contributed by atoms with Gasteiger partial charge in [0.25, 0.3) is 0 Å². The maximum Gasteiger partial charge on any atom is 0.304 e. The number of hydrogen-bond acceptors (Lipinski definition) is 4. The van der Waals surface area contributed by atoms with Crippen molar-refractivity contribution in [3.63, 3.8) is 0 Å². The molecule has 34 heavy (non-hydrogen) atoms. The zero-order valence-corrected chi connectivity index (χ0v) is 22.6. The van der Waals surface area contributed by atoms with E-state index in [1.54, 1.807) is 37.3 Å². The SMILES string of the molecule is CC[C@@H](C)NC(=O)[C@H](C)N(Cc1cccc(Br)c1)C(=O)CN(c1ccccc1)S(=O)(=O)N(C)C. The average Bonchev–Trinajstić information content (AvgIpc) is 2.80. The Morgan fingerprint density at radius 3 is 2.24 bits per heavy atom. The molecule has 0 aromatic heterocycles. The van der Waals surface area contributed by atoms with Gasteiger partial charge in [0, 0.05) is 31.2 Å². The summed E-state index contributed by atoms with van der Waals surface area (Å²) in [6.45, 7) is 5.22. The van der Waals surface area contributed by atoms with Gasteiger partial charge in [-0.25, -0.2) is 4.31 Å². The first-order valence-electron chi connectivity index (χ1n) is 11.1. The maximum absolute atomic E-state index is 13.6. The van der Waals surface area contributed by atoms with E-state index in [1.165, 1.54) is 19.0 Å². The van der Waals surface area contributed by atoms with Crippen LogP contribution in [0.5, 0.6) is 0 Å². The molecule has 2 amide bonds. The summed E-state index contributed by atoms with van der Waals surface area (Å²) in [5.41, 5.74) is 1.18. The predicted molar refractivity (Wildman–Crippen MR) is 138 cm³/mol. The number of nitrogens with one attached hydrogen (secondary N) is 1. The van der Waals surface area contributed by atoms with Crippen LogP contribution in [0.25, 0.3) is 0 Å². The average molecular weight is 554 g/mol. The van der Waals surface area contributed by atoms with E-state index in [0.717, 1.165) is 25.1 Å². The number of nitrogens with zero attached hydrogens (tertiary/aromatic N) is 3. The van der Waals surface area contributed by atoms with Crippen molar-refractivity contribution in [3.05, 3.63) is 64.6 Å². The van der Waals surface area contributed by atoms with Crippen molar-refractivity contribution in [1.29, 1.82) is 0 Å². The molecular formula is C24H33BrN4O4S. The highest BCUT2D eigenvalue weighted by molar-refractivity contribution is 9.10. The van der Waals surface area contributed by atoms with Crippen LogP contribution in [-0.2, 0) is 26.3 Å². The molecule has 2 atom stereocenters. The molecule has 0 saturated carbocycles. The van der Waals surface area contributed by atoms with E-state index in [-0.39, 0.29) is 18.5 Å². The summed E-state index contributed by atoms with van der Waals surface area (Å²) in [6, 6.07) is 15.0. The van der Waals surface area contributed by atoms with Crippen molar-refractivity contribution in [2.75, 3.05) is 24.9 Å². The van der Waals surface area contributed by atoms with Crippen LogP contribution in [0, 0.1) is 0 Å². The third-order valence-corrected chi connectivity index (χ3v) is 7.79. The van der Waals surface area contributed by atoms with Crippen LogP contribution in [0.15, 0.2) is 59.1 Å². The van der Waals surface area contributed by atoms with E-state index >= 15 is 0 Å². The molecule has 1 N–H and O–H groups in total. The highest BCUT2D eigenvalue weighted by atomic mass is 79.9. The third-order valence-electron chi connectivity index (χ3n) is 5.47. The van der Waals surface area contributed by atoms with Gasteiger partial charge in [-0.3, -0.25) is 9.59 Å². The largest absolute Gasteiger partial charge is 0.352 e. The van der Waals surface area contributed by atoms with Crippen molar-refractivity contribution >= 4 is 43.6 Å². The Hall–Kier alpha value is -2.43. The van der Waals surface area contributed by atoms with Gasteiger partial charge in [-0.2, -0.15) is 12.7 Å². The fourth-order valence-electron chi connectivity index (χ4n) is 3.19. The summed E-state index contributed by atoms with van der Waals surface area (Å²) in [4.78, 5) is 27.9. The molecule has 2 aromatic rings. The number of carbonyl (C=O) groups is 2. The van der Waals surface area contributed by atoms with Crippen LogP contribution in [0.3, 0.4) is 0 Å². The first-order chi connectivity index (χ1) is 16.0. The quantitative estimate of drug-likeness (QED) is 0.462. The Morgan fingerprint density at radius 2 is 1.68 bits per heavy atom. The standard InChI is InChI=1S/C24H33BrN4O4S/c1-6-18(2)26-24(31)19(3)28(16-20-11-10-12-21(25)15-20)23(30)17-29(34(32,33)27(4)5)22-13-8-7-9-14-22/h7-15,18-19H,6,16-17H2,1-5H3,(H,26,31)/t18-,19+/m1/s1. The normalized spacial score (nSPS) is 13.3. The number of benzene rings is 2. The topological polar surface area (TPSA) is 90.0 Å². The Kier molecular flexibility index (Phi) is 10.1. The van der Waals surface area contributed by atoms with Gasteiger partial charge >= 0.3 is 10.2 Å². The molecule has 0 aliphatic carbocycles. The zero-order valence-electron chi connectivity index (χ0n) is 20.2. The monoisotopic (exact) mass is 552 g/mol. The van der Waals surface area contributed by atoms with E-state index in [4.69, 9.17) is 0 Å². The fourth-order valence-corrected chi connectivity index (χ4v) is 4.69. The Labute approximate surface area is 211 Å². The number of anilines is 1.